The molecule has 0 spiro atoms. The van der Waals surface area contributed by atoms with E-state index in [1.807, 2.05) is 0 Å². The van der Waals surface area contributed by atoms with Crippen molar-refractivity contribution in [1.82, 2.24) is 4.98 Å². The highest BCUT2D eigenvalue weighted by Crippen LogP contribution is 2.30. The summed E-state index contributed by atoms with van der Waals surface area (Å²) in [5.74, 6) is -0.323. The molecular weight excluding hydrogens is 397 g/mol. The van der Waals surface area contributed by atoms with Crippen LogP contribution in [-0.4, -0.2) is 16.8 Å². The number of pyridine rings is 1. The van der Waals surface area contributed by atoms with E-state index in [1.54, 1.807) is 48.7 Å². The standard InChI is InChI=1S/C24H20FN3O3/c25-21-13-16(6-10-22(21)31-20-5-2-12-26-15-20)7-11-23(29)27-18-3-1-4-19(14-18)28-24(30)17-8-9-17/h1-7,10-15,17H,8-9H2,(H,27,29)(H,28,30)/b11-7+. The molecule has 0 unspecified atom stereocenters. The first-order chi connectivity index (χ1) is 15.1. The summed E-state index contributed by atoms with van der Waals surface area (Å²) in [6, 6.07) is 14.7. The lowest BCUT2D eigenvalue weighted by Gasteiger charge is -2.08. The lowest BCUT2D eigenvalue weighted by atomic mass is 10.2. The van der Waals surface area contributed by atoms with E-state index in [9.17, 15) is 14.0 Å². The Kier molecular flexibility index (Phi) is 6.03. The van der Waals surface area contributed by atoms with Gasteiger partial charge in [-0.15, -0.1) is 0 Å². The van der Waals surface area contributed by atoms with Crippen molar-refractivity contribution in [2.75, 3.05) is 10.6 Å². The predicted octanol–water partition coefficient (Wildman–Crippen LogP) is 5.01. The van der Waals surface area contributed by atoms with Gasteiger partial charge in [0.05, 0.1) is 6.20 Å². The molecule has 2 aromatic carbocycles. The molecule has 1 aliphatic carbocycles. The van der Waals surface area contributed by atoms with E-state index < -0.39 is 5.82 Å². The van der Waals surface area contributed by atoms with E-state index >= 15 is 0 Å². The Morgan fingerprint density at radius 2 is 1.84 bits per heavy atom. The first-order valence-electron chi connectivity index (χ1n) is 9.84. The second-order valence-corrected chi connectivity index (χ2v) is 7.15. The van der Waals surface area contributed by atoms with Crippen LogP contribution >= 0.6 is 0 Å². The third-order valence-electron chi connectivity index (χ3n) is 4.59. The van der Waals surface area contributed by atoms with Gasteiger partial charge in [-0.25, -0.2) is 4.39 Å². The van der Waals surface area contributed by atoms with E-state index in [0.29, 0.717) is 22.7 Å². The van der Waals surface area contributed by atoms with Gasteiger partial charge in [-0.2, -0.15) is 0 Å². The number of benzene rings is 2. The number of nitrogens with one attached hydrogen (secondary N) is 2. The number of anilines is 2. The Morgan fingerprint density at radius 3 is 2.55 bits per heavy atom. The van der Waals surface area contributed by atoms with Crippen LogP contribution in [0.25, 0.3) is 6.08 Å². The smallest absolute Gasteiger partial charge is 0.248 e. The number of aromatic nitrogens is 1. The van der Waals surface area contributed by atoms with Gasteiger partial charge in [-0.1, -0.05) is 12.1 Å². The largest absolute Gasteiger partial charge is 0.453 e. The number of rotatable bonds is 7. The zero-order valence-electron chi connectivity index (χ0n) is 16.5. The number of carbonyl (C=O) groups excluding carboxylic acids is 2. The van der Waals surface area contributed by atoms with E-state index in [4.69, 9.17) is 4.74 Å². The zero-order chi connectivity index (χ0) is 21.6. The fourth-order valence-electron chi connectivity index (χ4n) is 2.86. The van der Waals surface area contributed by atoms with Crippen LogP contribution in [0, 0.1) is 11.7 Å². The van der Waals surface area contributed by atoms with Crippen LogP contribution in [0.15, 0.2) is 73.1 Å². The summed E-state index contributed by atoms with van der Waals surface area (Å²) >= 11 is 0. The maximum absolute atomic E-state index is 14.3. The number of halogens is 1. The molecule has 0 aliphatic heterocycles. The summed E-state index contributed by atoms with van der Waals surface area (Å²) < 4.78 is 19.8. The monoisotopic (exact) mass is 417 g/mol. The molecule has 1 aliphatic rings. The molecular formula is C24H20FN3O3. The highest BCUT2D eigenvalue weighted by Gasteiger charge is 2.29. The van der Waals surface area contributed by atoms with Crippen molar-refractivity contribution in [2.45, 2.75) is 12.8 Å². The second kappa shape index (κ2) is 9.21. The average Bonchev–Trinajstić information content (AvgIpc) is 3.61. The normalized spacial score (nSPS) is 13.1. The Labute approximate surface area is 178 Å². The van der Waals surface area contributed by atoms with Gasteiger partial charge < -0.3 is 15.4 Å². The molecule has 2 N–H and O–H groups in total. The fourth-order valence-corrected chi connectivity index (χ4v) is 2.86. The molecule has 0 bridgehead atoms. The molecule has 1 saturated carbocycles. The molecule has 1 aromatic heterocycles. The fraction of sp³-hybridized carbons (Fsp3) is 0.125. The van der Waals surface area contributed by atoms with Gasteiger partial charge in [-0.05, 0) is 66.9 Å². The van der Waals surface area contributed by atoms with Crippen molar-refractivity contribution < 1.29 is 18.7 Å². The van der Waals surface area contributed by atoms with E-state index in [1.165, 1.54) is 30.5 Å². The van der Waals surface area contributed by atoms with Crippen molar-refractivity contribution in [3.05, 3.63) is 84.4 Å². The Hall–Kier alpha value is -4.00. The van der Waals surface area contributed by atoms with Crippen LogP contribution in [0.3, 0.4) is 0 Å². The van der Waals surface area contributed by atoms with Gasteiger partial charge in [0.15, 0.2) is 11.6 Å². The van der Waals surface area contributed by atoms with E-state index in [2.05, 4.69) is 15.6 Å². The van der Waals surface area contributed by atoms with Crippen LogP contribution in [0.2, 0.25) is 0 Å². The number of ether oxygens (including phenoxy) is 1. The third kappa shape index (κ3) is 5.76. The minimum atomic E-state index is -0.550. The average molecular weight is 417 g/mol. The number of nitrogens with zero attached hydrogens (tertiary/aromatic N) is 1. The van der Waals surface area contributed by atoms with E-state index in [0.717, 1.165) is 12.8 Å². The van der Waals surface area contributed by atoms with Crippen molar-refractivity contribution in [3.8, 4) is 11.5 Å². The summed E-state index contributed by atoms with van der Waals surface area (Å²) in [5.41, 5.74) is 1.69. The number of carbonyl (C=O) groups is 2. The van der Waals surface area contributed by atoms with Crippen molar-refractivity contribution >= 4 is 29.3 Å². The topological polar surface area (TPSA) is 80.3 Å². The van der Waals surface area contributed by atoms with Crippen molar-refractivity contribution in [1.29, 1.82) is 0 Å². The van der Waals surface area contributed by atoms with Gasteiger partial charge in [0, 0.05) is 29.6 Å². The third-order valence-corrected chi connectivity index (χ3v) is 4.59. The van der Waals surface area contributed by atoms with Gasteiger partial charge in [0.2, 0.25) is 11.8 Å². The molecule has 0 radical (unpaired) electrons. The van der Waals surface area contributed by atoms with Crippen LogP contribution < -0.4 is 15.4 Å². The molecule has 31 heavy (non-hydrogen) atoms. The summed E-state index contributed by atoms with van der Waals surface area (Å²) in [7, 11) is 0. The minimum absolute atomic E-state index is 0.00125. The molecule has 0 saturated heterocycles. The molecule has 7 heteroatoms. The second-order valence-electron chi connectivity index (χ2n) is 7.15. The van der Waals surface area contributed by atoms with Crippen molar-refractivity contribution in [3.63, 3.8) is 0 Å². The molecule has 2 amide bonds. The maximum atomic E-state index is 14.3. The Morgan fingerprint density at radius 1 is 1.03 bits per heavy atom. The maximum Gasteiger partial charge on any atom is 0.248 e. The highest BCUT2D eigenvalue weighted by molar-refractivity contribution is 6.02. The Balaban J connectivity index is 1.35. The first kappa shape index (κ1) is 20.3. The first-order valence-corrected chi connectivity index (χ1v) is 9.84. The van der Waals surface area contributed by atoms with Gasteiger partial charge in [0.1, 0.15) is 5.75 Å². The van der Waals surface area contributed by atoms with Crippen LogP contribution in [0.5, 0.6) is 11.5 Å². The zero-order valence-corrected chi connectivity index (χ0v) is 16.5. The molecule has 0 atom stereocenters. The quantitative estimate of drug-likeness (QED) is 0.530. The summed E-state index contributed by atoms with van der Waals surface area (Å²) in [5, 5.41) is 5.57. The highest BCUT2D eigenvalue weighted by atomic mass is 19.1. The SMILES string of the molecule is O=C(/C=C/c1ccc(Oc2cccnc2)c(F)c1)Nc1cccc(NC(=O)C2CC2)c1. The summed E-state index contributed by atoms with van der Waals surface area (Å²) in [4.78, 5) is 28.0. The molecule has 1 heterocycles. The van der Waals surface area contributed by atoms with Gasteiger partial charge >= 0.3 is 0 Å². The molecule has 1 fully saturated rings. The molecule has 3 aromatic rings. The Bertz CT molecular complexity index is 1130. The number of amides is 2. The summed E-state index contributed by atoms with van der Waals surface area (Å²) in [6.07, 6.45) is 7.75. The van der Waals surface area contributed by atoms with Crippen LogP contribution in [0.1, 0.15) is 18.4 Å². The number of hydrogen-bond acceptors (Lipinski definition) is 4. The summed E-state index contributed by atoms with van der Waals surface area (Å²) in [6.45, 7) is 0. The van der Waals surface area contributed by atoms with Crippen molar-refractivity contribution in [2.24, 2.45) is 5.92 Å². The molecule has 6 nitrogen and oxygen atoms in total. The molecule has 156 valence electrons. The van der Waals surface area contributed by atoms with Gasteiger partial charge in [0.25, 0.3) is 0 Å². The van der Waals surface area contributed by atoms with Crippen LogP contribution in [-0.2, 0) is 9.59 Å². The van der Waals surface area contributed by atoms with E-state index in [-0.39, 0.29) is 23.5 Å². The number of hydrogen-bond donors (Lipinski definition) is 2. The minimum Gasteiger partial charge on any atom is -0.453 e. The predicted molar refractivity (Wildman–Crippen MR) is 116 cm³/mol. The lowest BCUT2D eigenvalue weighted by molar-refractivity contribution is -0.117. The molecule has 4 rings (SSSR count). The van der Waals surface area contributed by atoms with Crippen LogP contribution in [0.4, 0.5) is 15.8 Å². The van der Waals surface area contributed by atoms with Gasteiger partial charge in [-0.3, -0.25) is 14.6 Å². The lowest BCUT2D eigenvalue weighted by Crippen LogP contribution is -2.14.